The molecule has 0 aliphatic heterocycles. The minimum atomic E-state index is -1.51. The number of aliphatic hydroxyl groups is 3. The standard InChI is InChI=1S/C23H45NO5/c1-2-3-4-5-6-7-8-9-10-11-12-13-14-15-16-17-23(28)29-19-18-21(25)24-20-22(26)27/h9-10,21-22,24-27H,2-8,11-20H2,1H3/b10-9-. The number of esters is 1. The fourth-order valence-corrected chi connectivity index (χ4v) is 3.04. The molecule has 0 aromatic heterocycles. The van der Waals surface area contributed by atoms with Gasteiger partial charge in [0, 0.05) is 19.4 Å². The van der Waals surface area contributed by atoms with Crippen molar-refractivity contribution in [1.82, 2.24) is 5.32 Å². The zero-order valence-corrected chi connectivity index (χ0v) is 18.5. The Morgan fingerprint density at radius 2 is 1.41 bits per heavy atom. The van der Waals surface area contributed by atoms with Crippen molar-refractivity contribution in [3.05, 3.63) is 12.2 Å². The van der Waals surface area contributed by atoms with Gasteiger partial charge in [-0.25, -0.2) is 0 Å². The lowest BCUT2D eigenvalue weighted by atomic mass is 10.1. The molecule has 4 N–H and O–H groups in total. The highest BCUT2D eigenvalue weighted by atomic mass is 16.5. The molecule has 0 heterocycles. The third-order valence-electron chi connectivity index (χ3n) is 4.83. The first-order chi connectivity index (χ1) is 14.1. The minimum Gasteiger partial charge on any atom is -0.466 e. The molecule has 0 aliphatic carbocycles. The summed E-state index contributed by atoms with van der Waals surface area (Å²) in [5.74, 6) is -0.239. The van der Waals surface area contributed by atoms with E-state index in [1.54, 1.807) is 0 Å². The molecule has 0 fully saturated rings. The number of aliphatic hydroxyl groups excluding tert-OH is 2. The maximum absolute atomic E-state index is 11.6. The van der Waals surface area contributed by atoms with Crippen molar-refractivity contribution in [2.45, 2.75) is 116 Å². The van der Waals surface area contributed by atoms with E-state index in [1.165, 1.54) is 57.8 Å². The Hall–Kier alpha value is -0.950. The van der Waals surface area contributed by atoms with E-state index in [9.17, 15) is 9.90 Å². The van der Waals surface area contributed by atoms with Crippen LogP contribution in [0.5, 0.6) is 0 Å². The molecule has 1 atom stereocenters. The van der Waals surface area contributed by atoms with Gasteiger partial charge in [-0.2, -0.15) is 0 Å². The monoisotopic (exact) mass is 415 g/mol. The Kier molecular flexibility index (Phi) is 21.0. The Morgan fingerprint density at radius 3 is 2.00 bits per heavy atom. The predicted octanol–water partition coefficient (Wildman–Crippen LogP) is 4.18. The van der Waals surface area contributed by atoms with Crippen molar-refractivity contribution in [2.24, 2.45) is 0 Å². The van der Waals surface area contributed by atoms with Crippen LogP contribution in [0.4, 0.5) is 0 Å². The molecule has 6 heteroatoms. The van der Waals surface area contributed by atoms with E-state index in [-0.39, 0.29) is 25.5 Å². The topological polar surface area (TPSA) is 99.0 Å². The maximum Gasteiger partial charge on any atom is 0.305 e. The highest BCUT2D eigenvalue weighted by molar-refractivity contribution is 5.69. The molecule has 29 heavy (non-hydrogen) atoms. The number of nitrogens with one attached hydrogen (secondary N) is 1. The number of ether oxygens (including phenoxy) is 1. The van der Waals surface area contributed by atoms with Crippen molar-refractivity contribution < 1.29 is 24.9 Å². The minimum absolute atomic E-state index is 0.121. The maximum atomic E-state index is 11.6. The molecular formula is C23H45NO5. The highest BCUT2D eigenvalue weighted by Crippen LogP contribution is 2.10. The molecule has 0 saturated carbocycles. The number of rotatable bonds is 21. The van der Waals surface area contributed by atoms with Gasteiger partial charge in [-0.15, -0.1) is 0 Å². The van der Waals surface area contributed by atoms with Crippen LogP contribution in [-0.4, -0.2) is 47.0 Å². The van der Waals surface area contributed by atoms with E-state index in [2.05, 4.69) is 24.4 Å². The van der Waals surface area contributed by atoms with Crippen molar-refractivity contribution in [2.75, 3.05) is 13.2 Å². The van der Waals surface area contributed by atoms with Crippen LogP contribution in [0.1, 0.15) is 103 Å². The summed E-state index contributed by atoms with van der Waals surface area (Å²) in [5, 5.41) is 29.4. The van der Waals surface area contributed by atoms with Crippen molar-refractivity contribution in [3.63, 3.8) is 0 Å². The van der Waals surface area contributed by atoms with Crippen LogP contribution in [0.3, 0.4) is 0 Å². The van der Waals surface area contributed by atoms with Crippen LogP contribution in [0.15, 0.2) is 12.2 Å². The van der Waals surface area contributed by atoms with Crippen molar-refractivity contribution in [1.29, 1.82) is 0 Å². The number of hydrogen-bond donors (Lipinski definition) is 4. The van der Waals surface area contributed by atoms with Crippen LogP contribution >= 0.6 is 0 Å². The second-order valence-corrected chi connectivity index (χ2v) is 7.75. The summed E-state index contributed by atoms with van der Waals surface area (Å²) >= 11 is 0. The molecule has 0 aliphatic rings. The number of carbonyl (C=O) groups excluding carboxylic acids is 1. The second-order valence-electron chi connectivity index (χ2n) is 7.75. The molecule has 0 aromatic rings. The number of unbranched alkanes of at least 4 members (excludes halogenated alkanes) is 11. The van der Waals surface area contributed by atoms with E-state index >= 15 is 0 Å². The van der Waals surface area contributed by atoms with Gasteiger partial charge in [0.05, 0.1) is 6.61 Å². The Bertz CT molecular complexity index is 387. The van der Waals surface area contributed by atoms with E-state index < -0.39 is 12.5 Å². The summed E-state index contributed by atoms with van der Waals surface area (Å²) in [7, 11) is 0. The van der Waals surface area contributed by atoms with E-state index in [0.717, 1.165) is 25.7 Å². The van der Waals surface area contributed by atoms with Crippen LogP contribution in [-0.2, 0) is 9.53 Å². The van der Waals surface area contributed by atoms with Gasteiger partial charge in [0.2, 0.25) is 0 Å². The zero-order chi connectivity index (χ0) is 21.6. The van der Waals surface area contributed by atoms with E-state index in [0.29, 0.717) is 6.42 Å². The van der Waals surface area contributed by atoms with Gasteiger partial charge >= 0.3 is 5.97 Å². The molecule has 0 bridgehead atoms. The van der Waals surface area contributed by atoms with Gasteiger partial charge in [-0.3, -0.25) is 10.1 Å². The van der Waals surface area contributed by atoms with Gasteiger partial charge < -0.3 is 20.1 Å². The van der Waals surface area contributed by atoms with Crippen LogP contribution in [0, 0.1) is 0 Å². The first kappa shape index (κ1) is 28.1. The second kappa shape index (κ2) is 21.8. The van der Waals surface area contributed by atoms with Crippen LogP contribution < -0.4 is 5.32 Å². The molecule has 0 aromatic carbocycles. The third kappa shape index (κ3) is 23.2. The normalized spacial score (nSPS) is 12.7. The van der Waals surface area contributed by atoms with E-state index in [4.69, 9.17) is 14.9 Å². The molecule has 0 rings (SSSR count). The first-order valence-corrected chi connectivity index (χ1v) is 11.6. The van der Waals surface area contributed by atoms with Gasteiger partial charge in [0.15, 0.2) is 6.29 Å². The first-order valence-electron chi connectivity index (χ1n) is 11.6. The van der Waals surface area contributed by atoms with Crippen molar-refractivity contribution in [3.8, 4) is 0 Å². The Balaban J connectivity index is 3.31. The van der Waals surface area contributed by atoms with Gasteiger partial charge in [-0.1, -0.05) is 70.4 Å². The smallest absolute Gasteiger partial charge is 0.305 e. The lowest BCUT2D eigenvalue weighted by Gasteiger charge is -2.13. The lowest BCUT2D eigenvalue weighted by Crippen LogP contribution is -2.36. The number of allylic oxidation sites excluding steroid dienone is 2. The summed E-state index contributed by atoms with van der Waals surface area (Å²) in [5.41, 5.74) is 0. The fraction of sp³-hybridized carbons (Fsp3) is 0.870. The molecular weight excluding hydrogens is 370 g/mol. The van der Waals surface area contributed by atoms with Crippen LogP contribution in [0.25, 0.3) is 0 Å². The Labute approximate surface area is 177 Å². The molecule has 6 nitrogen and oxygen atoms in total. The summed E-state index contributed by atoms with van der Waals surface area (Å²) in [6, 6.07) is 0. The molecule has 172 valence electrons. The SMILES string of the molecule is CCCCCCCC/C=C\CCCCCCCC(=O)OCCC(O)NCC(O)O. The third-order valence-corrected chi connectivity index (χ3v) is 4.83. The summed E-state index contributed by atoms with van der Waals surface area (Å²) in [4.78, 5) is 11.6. The van der Waals surface area contributed by atoms with Gasteiger partial charge in [0.25, 0.3) is 0 Å². The lowest BCUT2D eigenvalue weighted by molar-refractivity contribution is -0.144. The highest BCUT2D eigenvalue weighted by Gasteiger charge is 2.08. The van der Waals surface area contributed by atoms with Gasteiger partial charge in [-0.05, 0) is 32.1 Å². The predicted molar refractivity (Wildman–Crippen MR) is 117 cm³/mol. The quantitative estimate of drug-likeness (QED) is 0.0971. The molecule has 0 amide bonds. The molecule has 0 radical (unpaired) electrons. The average molecular weight is 416 g/mol. The summed E-state index contributed by atoms with van der Waals surface area (Å²) in [6.45, 7) is 2.25. The summed E-state index contributed by atoms with van der Waals surface area (Å²) in [6.07, 6.45) is 18.8. The summed E-state index contributed by atoms with van der Waals surface area (Å²) < 4.78 is 5.07. The zero-order valence-electron chi connectivity index (χ0n) is 18.5. The van der Waals surface area contributed by atoms with Crippen molar-refractivity contribution >= 4 is 5.97 Å². The molecule has 0 spiro atoms. The number of carbonyl (C=O) groups is 1. The van der Waals surface area contributed by atoms with E-state index in [1.807, 2.05) is 0 Å². The number of hydrogen-bond acceptors (Lipinski definition) is 6. The molecule has 1 unspecified atom stereocenters. The van der Waals surface area contributed by atoms with Gasteiger partial charge in [0.1, 0.15) is 6.23 Å². The van der Waals surface area contributed by atoms with Crippen LogP contribution in [0.2, 0.25) is 0 Å². The molecule has 0 saturated heterocycles. The fourth-order valence-electron chi connectivity index (χ4n) is 3.04. The Morgan fingerprint density at radius 1 is 0.862 bits per heavy atom. The average Bonchev–Trinajstić information content (AvgIpc) is 2.69. The largest absolute Gasteiger partial charge is 0.466 e.